The van der Waals surface area contributed by atoms with Gasteiger partial charge >= 0.3 is 0 Å². The van der Waals surface area contributed by atoms with Gasteiger partial charge < -0.3 is 0 Å². The van der Waals surface area contributed by atoms with Gasteiger partial charge in [0.15, 0.2) is 0 Å². The fourth-order valence-electron chi connectivity index (χ4n) is 1.08. The van der Waals surface area contributed by atoms with E-state index in [-0.39, 0.29) is 6.54 Å². The van der Waals surface area contributed by atoms with Crippen LogP contribution in [0.3, 0.4) is 0 Å². The van der Waals surface area contributed by atoms with Gasteiger partial charge in [-0.25, -0.2) is 8.78 Å². The highest BCUT2D eigenvalue weighted by Crippen LogP contribution is 2.08. The minimum atomic E-state index is -2.35. The highest BCUT2D eigenvalue weighted by Gasteiger charge is 2.09. The van der Waals surface area contributed by atoms with Crippen molar-refractivity contribution in [2.45, 2.75) is 33.2 Å². The SMILES string of the molecule is CCc1[c]nn(CC(F)F)c1C. The Hall–Kier alpha value is -0.930. The zero-order chi connectivity index (χ0) is 9.14. The van der Waals surface area contributed by atoms with E-state index in [1.165, 1.54) is 4.68 Å². The number of alkyl halides is 2. The van der Waals surface area contributed by atoms with Crippen molar-refractivity contribution in [1.29, 1.82) is 0 Å². The topological polar surface area (TPSA) is 17.8 Å². The number of aryl methyl sites for hydroxylation is 1. The van der Waals surface area contributed by atoms with Gasteiger partial charge in [0.25, 0.3) is 6.43 Å². The third kappa shape index (κ3) is 1.81. The van der Waals surface area contributed by atoms with Crippen LogP contribution in [-0.4, -0.2) is 16.2 Å². The fourth-order valence-corrected chi connectivity index (χ4v) is 1.08. The van der Waals surface area contributed by atoms with Gasteiger partial charge in [0.05, 0.1) is 0 Å². The smallest absolute Gasteiger partial charge is 0.257 e. The van der Waals surface area contributed by atoms with E-state index in [1.807, 2.05) is 6.92 Å². The minimum absolute atomic E-state index is 0.331. The number of rotatable bonds is 3. The number of hydrogen-bond acceptors (Lipinski definition) is 1. The molecule has 0 aliphatic heterocycles. The fraction of sp³-hybridized carbons (Fsp3) is 0.625. The van der Waals surface area contributed by atoms with E-state index in [0.29, 0.717) is 0 Å². The third-order valence-electron chi connectivity index (χ3n) is 1.79. The molecule has 0 aromatic carbocycles. The van der Waals surface area contributed by atoms with E-state index in [4.69, 9.17) is 0 Å². The Labute approximate surface area is 70.2 Å². The minimum Gasteiger partial charge on any atom is -0.263 e. The van der Waals surface area contributed by atoms with Crippen LogP contribution in [0.25, 0.3) is 0 Å². The molecule has 1 aromatic rings. The maximum Gasteiger partial charge on any atom is 0.257 e. The highest BCUT2D eigenvalue weighted by molar-refractivity contribution is 5.14. The average molecular weight is 173 g/mol. The summed E-state index contributed by atoms with van der Waals surface area (Å²) in [5, 5.41) is 3.74. The van der Waals surface area contributed by atoms with Gasteiger partial charge in [-0.2, -0.15) is 5.10 Å². The van der Waals surface area contributed by atoms with Crippen molar-refractivity contribution in [2.75, 3.05) is 0 Å². The van der Waals surface area contributed by atoms with E-state index >= 15 is 0 Å². The summed E-state index contributed by atoms with van der Waals surface area (Å²) < 4.78 is 25.2. The molecule has 0 bridgehead atoms. The first kappa shape index (κ1) is 9.16. The standard InChI is InChI=1S/C8H11F2N2/c1-3-7-4-11-12(6(7)2)5-8(9)10/h8H,3,5H2,1-2H3. The normalized spacial score (nSPS) is 11.1. The quantitative estimate of drug-likeness (QED) is 0.681. The van der Waals surface area contributed by atoms with Crippen molar-refractivity contribution in [3.8, 4) is 0 Å². The van der Waals surface area contributed by atoms with Gasteiger partial charge in [-0.15, -0.1) is 0 Å². The first-order valence-electron chi connectivity index (χ1n) is 3.87. The molecule has 0 amide bonds. The molecule has 12 heavy (non-hydrogen) atoms. The molecule has 0 aliphatic carbocycles. The van der Waals surface area contributed by atoms with Crippen molar-refractivity contribution in [3.05, 3.63) is 17.5 Å². The Morgan fingerprint density at radius 3 is 2.67 bits per heavy atom. The molecule has 1 heterocycles. The molecule has 0 fully saturated rings. The van der Waals surface area contributed by atoms with E-state index in [2.05, 4.69) is 11.3 Å². The maximum absolute atomic E-state index is 11.9. The van der Waals surface area contributed by atoms with Crippen LogP contribution >= 0.6 is 0 Å². The Morgan fingerprint density at radius 1 is 1.58 bits per heavy atom. The second-order valence-electron chi connectivity index (χ2n) is 2.60. The summed E-state index contributed by atoms with van der Waals surface area (Å²) in [6.07, 6.45) is 1.15. The lowest BCUT2D eigenvalue weighted by atomic mass is 10.2. The van der Waals surface area contributed by atoms with E-state index in [1.54, 1.807) is 6.92 Å². The first-order chi connectivity index (χ1) is 5.65. The lowest BCUT2D eigenvalue weighted by molar-refractivity contribution is 0.121. The van der Waals surface area contributed by atoms with Gasteiger partial charge in [0, 0.05) is 11.3 Å². The number of nitrogens with zero attached hydrogens (tertiary/aromatic N) is 2. The summed E-state index contributed by atoms with van der Waals surface area (Å²) in [6.45, 7) is 3.40. The van der Waals surface area contributed by atoms with Crippen molar-refractivity contribution >= 4 is 0 Å². The van der Waals surface area contributed by atoms with Crippen LogP contribution < -0.4 is 0 Å². The lowest BCUT2D eigenvalue weighted by Gasteiger charge is -2.02. The zero-order valence-corrected chi connectivity index (χ0v) is 7.14. The summed E-state index contributed by atoms with van der Waals surface area (Å²) in [6, 6.07) is 0. The molecule has 2 nitrogen and oxygen atoms in total. The van der Waals surface area contributed by atoms with Crippen LogP contribution in [0.1, 0.15) is 18.2 Å². The molecule has 0 saturated heterocycles. The Kier molecular flexibility index (Phi) is 2.78. The Morgan fingerprint density at radius 2 is 2.25 bits per heavy atom. The van der Waals surface area contributed by atoms with Gasteiger partial charge in [-0.05, 0) is 13.3 Å². The molecule has 0 spiro atoms. The van der Waals surface area contributed by atoms with E-state index in [0.717, 1.165) is 17.7 Å². The molecular weight excluding hydrogens is 162 g/mol. The molecule has 0 saturated carbocycles. The first-order valence-corrected chi connectivity index (χ1v) is 3.87. The van der Waals surface area contributed by atoms with Crippen LogP contribution in [-0.2, 0) is 13.0 Å². The maximum atomic E-state index is 11.9. The summed E-state index contributed by atoms with van der Waals surface area (Å²) in [4.78, 5) is 0. The summed E-state index contributed by atoms with van der Waals surface area (Å²) in [5.74, 6) is 0. The molecular formula is C8H11F2N2. The zero-order valence-electron chi connectivity index (χ0n) is 7.14. The van der Waals surface area contributed by atoms with Crippen molar-refractivity contribution in [2.24, 2.45) is 0 Å². The van der Waals surface area contributed by atoms with Crippen LogP contribution in [0.2, 0.25) is 0 Å². The van der Waals surface area contributed by atoms with Crippen LogP contribution in [0.4, 0.5) is 8.78 Å². The predicted octanol–water partition coefficient (Wildman–Crippen LogP) is 1.82. The monoisotopic (exact) mass is 173 g/mol. The Balaban J connectivity index is 2.80. The van der Waals surface area contributed by atoms with E-state index in [9.17, 15) is 8.78 Å². The summed E-state index contributed by atoms with van der Waals surface area (Å²) in [5.41, 5.74) is 1.70. The third-order valence-corrected chi connectivity index (χ3v) is 1.79. The van der Waals surface area contributed by atoms with Crippen LogP contribution in [0, 0.1) is 13.1 Å². The summed E-state index contributed by atoms with van der Waals surface area (Å²) >= 11 is 0. The largest absolute Gasteiger partial charge is 0.263 e. The molecule has 67 valence electrons. The average Bonchev–Trinajstić information content (AvgIpc) is 2.32. The predicted molar refractivity (Wildman–Crippen MR) is 41.2 cm³/mol. The van der Waals surface area contributed by atoms with Crippen LogP contribution in [0.5, 0.6) is 0 Å². The molecule has 0 unspecified atom stereocenters. The van der Waals surface area contributed by atoms with Crippen LogP contribution in [0.15, 0.2) is 0 Å². The van der Waals surface area contributed by atoms with Gasteiger partial charge in [0.2, 0.25) is 0 Å². The van der Waals surface area contributed by atoms with Crippen molar-refractivity contribution < 1.29 is 8.78 Å². The van der Waals surface area contributed by atoms with Gasteiger partial charge in [-0.3, -0.25) is 4.68 Å². The number of aromatic nitrogens is 2. The number of halogens is 2. The Bertz CT molecular complexity index is 256. The second kappa shape index (κ2) is 3.65. The summed E-state index contributed by atoms with van der Waals surface area (Å²) in [7, 11) is 0. The highest BCUT2D eigenvalue weighted by atomic mass is 19.3. The lowest BCUT2D eigenvalue weighted by Crippen LogP contribution is -2.09. The number of hydrogen-bond donors (Lipinski definition) is 0. The molecule has 1 radical (unpaired) electrons. The molecule has 0 aliphatic rings. The van der Waals surface area contributed by atoms with Gasteiger partial charge in [-0.1, -0.05) is 6.92 Å². The molecule has 0 N–H and O–H groups in total. The second-order valence-corrected chi connectivity index (χ2v) is 2.60. The van der Waals surface area contributed by atoms with Crippen molar-refractivity contribution in [3.63, 3.8) is 0 Å². The molecule has 1 rings (SSSR count). The molecule has 1 aromatic heterocycles. The van der Waals surface area contributed by atoms with Gasteiger partial charge in [0.1, 0.15) is 12.7 Å². The molecule has 0 atom stereocenters. The van der Waals surface area contributed by atoms with E-state index < -0.39 is 6.43 Å². The molecule has 4 heteroatoms. The van der Waals surface area contributed by atoms with Crippen molar-refractivity contribution in [1.82, 2.24) is 9.78 Å².